The largest absolute Gasteiger partial charge is 0.503 e. The van der Waals surface area contributed by atoms with Gasteiger partial charge in [-0.15, -0.1) is 0 Å². The van der Waals surface area contributed by atoms with Crippen molar-refractivity contribution < 1.29 is 18.3 Å². The summed E-state index contributed by atoms with van der Waals surface area (Å²) in [7, 11) is 0. The van der Waals surface area contributed by atoms with Gasteiger partial charge in [0, 0.05) is 6.07 Å². The predicted molar refractivity (Wildman–Crippen MR) is 62.2 cm³/mol. The van der Waals surface area contributed by atoms with E-state index in [-0.39, 0.29) is 11.1 Å². The van der Waals surface area contributed by atoms with E-state index >= 15 is 0 Å². The van der Waals surface area contributed by atoms with Crippen LogP contribution in [0.2, 0.25) is 0 Å². The number of aromatic nitrogens is 1. The molecule has 1 aromatic carbocycles. The molecule has 0 saturated heterocycles. The molecule has 100 valence electrons. The summed E-state index contributed by atoms with van der Waals surface area (Å²) in [5.41, 5.74) is -3.26. The zero-order valence-corrected chi connectivity index (χ0v) is 9.63. The Hall–Kier alpha value is -2.31. The molecule has 0 amide bonds. The van der Waals surface area contributed by atoms with Crippen LogP contribution >= 0.6 is 0 Å². The van der Waals surface area contributed by atoms with Crippen molar-refractivity contribution in [2.45, 2.75) is 13.1 Å². The highest BCUT2D eigenvalue weighted by Crippen LogP contribution is 2.33. The number of halogens is 3. The molecular formula is C12H8F3NO3. The highest BCUT2D eigenvalue weighted by atomic mass is 19.4. The zero-order chi connectivity index (χ0) is 14.4. The van der Waals surface area contributed by atoms with Crippen LogP contribution in [0.15, 0.2) is 27.8 Å². The average molecular weight is 271 g/mol. The summed E-state index contributed by atoms with van der Waals surface area (Å²) in [5.74, 6) is -0.924. The maximum atomic E-state index is 12.9. The van der Waals surface area contributed by atoms with Crippen molar-refractivity contribution >= 4 is 10.9 Å². The molecule has 0 fully saturated rings. The van der Waals surface area contributed by atoms with Crippen molar-refractivity contribution in [2.24, 2.45) is 0 Å². The minimum atomic E-state index is -4.73. The van der Waals surface area contributed by atoms with Gasteiger partial charge in [0.15, 0.2) is 11.2 Å². The number of rotatable bonds is 0. The van der Waals surface area contributed by atoms with Gasteiger partial charge in [0.2, 0.25) is 0 Å². The third kappa shape index (κ3) is 2.31. The lowest BCUT2D eigenvalue weighted by Gasteiger charge is -2.09. The molecule has 0 unspecified atom stereocenters. The van der Waals surface area contributed by atoms with Crippen molar-refractivity contribution in [3.05, 3.63) is 49.9 Å². The molecule has 0 aliphatic carbocycles. The molecule has 4 nitrogen and oxygen atoms in total. The Balaban J connectivity index is 3.14. The summed E-state index contributed by atoms with van der Waals surface area (Å²) >= 11 is 0. The first kappa shape index (κ1) is 13.1. The molecule has 0 aliphatic rings. The number of aromatic amines is 1. The van der Waals surface area contributed by atoms with E-state index in [1.807, 2.05) is 0 Å². The van der Waals surface area contributed by atoms with Crippen LogP contribution in [0.4, 0.5) is 13.2 Å². The number of hydrogen-bond acceptors (Lipinski definition) is 3. The standard InChI is InChI=1S/C12H8F3NO3/c1-5-2-6(12(13,14)15)10-7(3-5)16-11(19)9(18)4-8(10)17/h2-4,18H,1H3,(H,16,19). The number of nitrogens with one attached hydrogen (secondary N) is 1. The molecule has 7 heteroatoms. The van der Waals surface area contributed by atoms with E-state index < -0.39 is 33.9 Å². The number of aryl methyl sites for hydroxylation is 1. The second-order valence-corrected chi connectivity index (χ2v) is 4.08. The van der Waals surface area contributed by atoms with Crippen molar-refractivity contribution in [3.63, 3.8) is 0 Å². The van der Waals surface area contributed by atoms with E-state index in [0.29, 0.717) is 6.07 Å². The highest BCUT2D eigenvalue weighted by Gasteiger charge is 2.33. The van der Waals surface area contributed by atoms with Gasteiger partial charge in [0.05, 0.1) is 16.5 Å². The van der Waals surface area contributed by atoms with Crippen LogP contribution in [0.5, 0.6) is 5.75 Å². The van der Waals surface area contributed by atoms with Crippen LogP contribution < -0.4 is 11.0 Å². The summed E-state index contributed by atoms with van der Waals surface area (Å²) < 4.78 is 38.7. The maximum absolute atomic E-state index is 12.9. The average Bonchev–Trinajstić information content (AvgIpc) is 2.35. The summed E-state index contributed by atoms with van der Waals surface area (Å²) in [6.45, 7) is 1.41. The first-order valence-corrected chi connectivity index (χ1v) is 5.18. The van der Waals surface area contributed by atoms with Crippen molar-refractivity contribution in [3.8, 4) is 5.75 Å². The van der Waals surface area contributed by atoms with Crippen molar-refractivity contribution in [1.82, 2.24) is 4.98 Å². The van der Waals surface area contributed by atoms with Gasteiger partial charge in [0.25, 0.3) is 5.56 Å². The van der Waals surface area contributed by atoms with Gasteiger partial charge in [-0.2, -0.15) is 13.2 Å². The van der Waals surface area contributed by atoms with E-state index in [9.17, 15) is 27.9 Å². The molecule has 2 rings (SSSR count). The van der Waals surface area contributed by atoms with E-state index in [0.717, 1.165) is 6.07 Å². The molecule has 2 aromatic rings. The number of H-pyrrole nitrogens is 1. The smallest absolute Gasteiger partial charge is 0.417 e. The monoisotopic (exact) mass is 271 g/mol. The third-order valence-electron chi connectivity index (χ3n) is 2.58. The topological polar surface area (TPSA) is 70.2 Å². The Bertz CT molecular complexity index is 778. The molecule has 1 aromatic heterocycles. The molecule has 0 bridgehead atoms. The molecule has 0 saturated carbocycles. The van der Waals surface area contributed by atoms with Crippen LogP contribution in [-0.4, -0.2) is 10.1 Å². The van der Waals surface area contributed by atoms with Crippen LogP contribution in [-0.2, 0) is 6.18 Å². The second-order valence-electron chi connectivity index (χ2n) is 4.08. The molecule has 2 N–H and O–H groups in total. The van der Waals surface area contributed by atoms with Gasteiger partial charge in [-0.3, -0.25) is 9.59 Å². The predicted octanol–water partition coefficient (Wildman–Crippen LogP) is 1.92. The molecule has 0 aliphatic heterocycles. The Morgan fingerprint density at radius 2 is 1.79 bits per heavy atom. The first-order valence-electron chi connectivity index (χ1n) is 5.18. The van der Waals surface area contributed by atoms with Gasteiger partial charge < -0.3 is 10.1 Å². The Morgan fingerprint density at radius 3 is 2.37 bits per heavy atom. The van der Waals surface area contributed by atoms with E-state index in [2.05, 4.69) is 4.98 Å². The minimum absolute atomic E-state index is 0.237. The van der Waals surface area contributed by atoms with Crippen LogP contribution in [0.3, 0.4) is 0 Å². The lowest BCUT2D eigenvalue weighted by molar-refractivity contribution is -0.136. The van der Waals surface area contributed by atoms with Gasteiger partial charge in [0.1, 0.15) is 0 Å². The molecule has 0 atom stereocenters. The lowest BCUT2D eigenvalue weighted by Crippen LogP contribution is -2.11. The second kappa shape index (κ2) is 4.11. The first-order chi connectivity index (χ1) is 8.70. The van der Waals surface area contributed by atoms with Gasteiger partial charge in [-0.05, 0) is 24.6 Å². The van der Waals surface area contributed by atoms with Crippen LogP contribution in [0.1, 0.15) is 11.1 Å². The van der Waals surface area contributed by atoms with Gasteiger partial charge in [-0.25, -0.2) is 0 Å². The Labute approximate surface area is 104 Å². The minimum Gasteiger partial charge on any atom is -0.503 e. The van der Waals surface area contributed by atoms with Crippen molar-refractivity contribution in [2.75, 3.05) is 0 Å². The fourth-order valence-corrected chi connectivity index (χ4v) is 1.82. The van der Waals surface area contributed by atoms with Gasteiger partial charge in [-0.1, -0.05) is 0 Å². The normalized spacial score (nSPS) is 11.8. The zero-order valence-electron chi connectivity index (χ0n) is 9.63. The molecule has 0 radical (unpaired) electrons. The number of fused-ring (bicyclic) bond motifs is 1. The van der Waals surface area contributed by atoms with Crippen LogP contribution in [0.25, 0.3) is 10.9 Å². The van der Waals surface area contributed by atoms with Crippen molar-refractivity contribution in [1.29, 1.82) is 0 Å². The molecular weight excluding hydrogens is 263 g/mol. The van der Waals surface area contributed by atoms with Gasteiger partial charge >= 0.3 is 6.18 Å². The molecule has 1 heterocycles. The quantitative estimate of drug-likeness (QED) is 0.769. The number of alkyl halides is 3. The van der Waals surface area contributed by atoms with Crippen LogP contribution in [0, 0.1) is 6.92 Å². The third-order valence-corrected chi connectivity index (χ3v) is 2.58. The molecule has 19 heavy (non-hydrogen) atoms. The fourth-order valence-electron chi connectivity index (χ4n) is 1.82. The summed E-state index contributed by atoms with van der Waals surface area (Å²) in [6, 6.07) is 2.54. The highest BCUT2D eigenvalue weighted by molar-refractivity contribution is 5.83. The Kier molecular flexibility index (Phi) is 2.84. The van der Waals surface area contributed by atoms with E-state index in [1.165, 1.54) is 13.0 Å². The summed E-state index contributed by atoms with van der Waals surface area (Å²) in [4.78, 5) is 25.1. The SMILES string of the molecule is Cc1cc(C(F)(F)F)c2c(=O)cc(O)c(=O)[nH]c2c1. The lowest BCUT2D eigenvalue weighted by atomic mass is 10.1. The Morgan fingerprint density at radius 1 is 1.16 bits per heavy atom. The number of hydrogen-bond donors (Lipinski definition) is 2. The number of aromatic hydroxyl groups is 1. The van der Waals surface area contributed by atoms with E-state index in [1.54, 1.807) is 0 Å². The summed E-state index contributed by atoms with van der Waals surface area (Å²) in [5, 5.41) is 8.54. The summed E-state index contributed by atoms with van der Waals surface area (Å²) in [6.07, 6.45) is -4.73. The fraction of sp³-hybridized carbons (Fsp3) is 0.167. The van der Waals surface area contributed by atoms with E-state index in [4.69, 9.17) is 0 Å². The molecule has 0 spiro atoms. The number of benzene rings is 1. The maximum Gasteiger partial charge on any atom is 0.417 e.